The molecule has 4 bridgehead atoms. The van der Waals surface area contributed by atoms with Crippen LogP contribution in [0.15, 0.2) is 66.9 Å². The van der Waals surface area contributed by atoms with Crippen molar-refractivity contribution in [1.82, 2.24) is 50.0 Å². The molecule has 3 unspecified atom stereocenters. The van der Waals surface area contributed by atoms with E-state index in [4.69, 9.17) is 24.9 Å². The molecule has 4 aromatic heterocycles. The Bertz CT molecular complexity index is 3660. The molecule has 484 valence electrons. The number of hydrogen-bond acceptors (Lipinski definition) is 17. The van der Waals surface area contributed by atoms with Crippen LogP contribution in [-0.2, 0) is 25.7 Å². The summed E-state index contributed by atoms with van der Waals surface area (Å²) < 4.78 is 10.1. The highest BCUT2D eigenvalue weighted by Crippen LogP contribution is 2.72. The molecule has 5 fully saturated rings. The van der Waals surface area contributed by atoms with Gasteiger partial charge in [0.2, 0.25) is 17.7 Å². The van der Waals surface area contributed by atoms with Gasteiger partial charge < -0.3 is 35.2 Å². The van der Waals surface area contributed by atoms with Gasteiger partial charge in [-0.3, -0.25) is 38.9 Å². The Labute approximate surface area is 537 Å². The van der Waals surface area contributed by atoms with Gasteiger partial charge in [-0.05, 0) is 163 Å². The van der Waals surface area contributed by atoms with Crippen molar-refractivity contribution in [1.29, 1.82) is 0 Å². The minimum atomic E-state index is -1.14. The van der Waals surface area contributed by atoms with Gasteiger partial charge in [0.25, 0.3) is 11.8 Å². The summed E-state index contributed by atoms with van der Waals surface area (Å²) in [5.41, 5.74) is 5.14. The first-order valence-electron chi connectivity index (χ1n) is 32.8. The number of thiazole rings is 1. The van der Waals surface area contributed by atoms with Gasteiger partial charge in [0.15, 0.2) is 22.5 Å². The van der Waals surface area contributed by atoms with E-state index in [9.17, 15) is 33.9 Å². The molecule has 4 saturated carbocycles. The van der Waals surface area contributed by atoms with Crippen LogP contribution in [0.3, 0.4) is 0 Å². The molecule has 0 spiro atoms. The Morgan fingerprint density at radius 3 is 2.20 bits per heavy atom. The SMILES string of the molecule is Cc1cc(N(CCCCN(C)C(=O)CCCCCCCCCCCNc2cccc3c2C(=O)N(C2CCC(=O)NC2=O)C3=O)c2ccc(-c3cnn(CC45CC6(C)CC(C)(C4)CC(OCCN(C)C)(C6)C5)c3C)c(C(=O)O)n2)nnc1Nc1nc2ccccc2s1. The molecule has 6 aromatic rings. The van der Waals surface area contributed by atoms with Crippen molar-refractivity contribution in [2.45, 2.75) is 174 Å². The highest BCUT2D eigenvalue weighted by atomic mass is 32.1. The first kappa shape index (κ1) is 64.8. The van der Waals surface area contributed by atoms with E-state index >= 15 is 0 Å². The summed E-state index contributed by atoms with van der Waals surface area (Å²) in [6.45, 7) is 12.9. The van der Waals surface area contributed by atoms with Crippen molar-refractivity contribution in [3.8, 4) is 11.1 Å². The minimum absolute atomic E-state index is 0.00981. The second kappa shape index (κ2) is 27.3. The molecule has 6 heterocycles. The Balaban J connectivity index is 0.664. The fourth-order valence-electron chi connectivity index (χ4n) is 16.3. The molecular formula is C69H89N13O8S. The molecule has 2 aromatic carbocycles. The van der Waals surface area contributed by atoms with Crippen LogP contribution in [0.4, 0.5) is 28.3 Å². The van der Waals surface area contributed by atoms with Crippen LogP contribution in [0.5, 0.6) is 0 Å². The Hall–Kier alpha value is -7.69. The zero-order chi connectivity index (χ0) is 64.2. The van der Waals surface area contributed by atoms with Crippen molar-refractivity contribution < 1.29 is 38.6 Å². The summed E-state index contributed by atoms with van der Waals surface area (Å²) in [5.74, 6) is -1.58. The Morgan fingerprint density at radius 1 is 0.758 bits per heavy atom. The molecule has 22 heteroatoms. The van der Waals surface area contributed by atoms with Crippen molar-refractivity contribution in [3.05, 3.63) is 94.9 Å². The molecule has 5 amide bonds. The summed E-state index contributed by atoms with van der Waals surface area (Å²) in [6.07, 6.45) is 19.7. The third-order valence-electron chi connectivity index (χ3n) is 19.5. The third-order valence-corrected chi connectivity index (χ3v) is 20.5. The number of benzene rings is 2. The lowest BCUT2D eigenvalue weighted by Gasteiger charge is -2.69. The van der Waals surface area contributed by atoms with E-state index in [-0.39, 0.29) is 57.4 Å². The van der Waals surface area contributed by atoms with Crippen LogP contribution in [0.25, 0.3) is 21.3 Å². The second-order valence-electron chi connectivity index (χ2n) is 27.7. The summed E-state index contributed by atoms with van der Waals surface area (Å²) in [6, 6.07) is 17.7. The number of hydrogen-bond donors (Lipinski definition) is 4. The highest BCUT2D eigenvalue weighted by molar-refractivity contribution is 7.22. The normalized spacial score (nSPS) is 22.5. The predicted octanol–water partition coefficient (Wildman–Crippen LogP) is 11.9. The number of piperidine rings is 1. The number of amides is 5. The average Bonchev–Trinajstić information content (AvgIpc) is 1.29. The van der Waals surface area contributed by atoms with Gasteiger partial charge >= 0.3 is 5.97 Å². The maximum absolute atomic E-state index is 13.4. The summed E-state index contributed by atoms with van der Waals surface area (Å²) >= 11 is 1.53. The lowest BCUT2D eigenvalue weighted by molar-refractivity contribution is -0.248. The van der Waals surface area contributed by atoms with Gasteiger partial charge in [-0.15, -0.1) is 10.2 Å². The number of aromatic nitrogens is 6. The zero-order valence-corrected chi connectivity index (χ0v) is 54.8. The number of imide groups is 2. The quantitative estimate of drug-likeness (QED) is 0.0233. The van der Waals surface area contributed by atoms with Crippen LogP contribution in [-0.4, -0.2) is 151 Å². The molecule has 4 N–H and O–H groups in total. The topological polar surface area (TPSA) is 250 Å². The predicted molar refractivity (Wildman–Crippen MR) is 352 cm³/mol. The van der Waals surface area contributed by atoms with Crippen molar-refractivity contribution in [3.63, 3.8) is 0 Å². The van der Waals surface area contributed by atoms with Crippen molar-refractivity contribution in [2.24, 2.45) is 16.2 Å². The number of unbranched alkanes of at least 4 members (excludes halogenated alkanes) is 9. The molecule has 12 rings (SSSR count). The Morgan fingerprint density at radius 2 is 1.48 bits per heavy atom. The number of aryl methyl sites for hydroxylation is 1. The molecule has 2 aliphatic heterocycles. The third kappa shape index (κ3) is 14.5. The lowest BCUT2D eigenvalue weighted by atomic mass is 9.39. The number of ether oxygens (including phenoxy) is 1. The molecule has 4 aliphatic carbocycles. The van der Waals surface area contributed by atoms with E-state index in [1.54, 1.807) is 24.4 Å². The van der Waals surface area contributed by atoms with Crippen LogP contribution in [0.1, 0.15) is 185 Å². The largest absolute Gasteiger partial charge is 0.476 e. The van der Waals surface area contributed by atoms with Gasteiger partial charge in [-0.2, -0.15) is 5.10 Å². The van der Waals surface area contributed by atoms with Gasteiger partial charge in [0.1, 0.15) is 11.9 Å². The van der Waals surface area contributed by atoms with Crippen LogP contribution >= 0.6 is 11.3 Å². The number of carbonyl (C=O) groups excluding carboxylic acids is 5. The van der Waals surface area contributed by atoms with E-state index in [0.29, 0.717) is 79.3 Å². The number of carboxylic acids is 1. The number of fused-ring (bicyclic) bond motifs is 2. The van der Waals surface area contributed by atoms with Crippen LogP contribution in [0.2, 0.25) is 0 Å². The fourth-order valence-corrected chi connectivity index (χ4v) is 17.2. The molecular weight excluding hydrogens is 1170 g/mol. The number of carboxylic acid groups (broad SMARTS) is 1. The average molecular weight is 1260 g/mol. The summed E-state index contributed by atoms with van der Waals surface area (Å²) in [4.78, 5) is 94.1. The number of para-hydroxylation sites is 1. The first-order valence-corrected chi connectivity index (χ1v) is 33.6. The number of pyridine rings is 1. The van der Waals surface area contributed by atoms with Gasteiger partial charge in [-0.25, -0.2) is 14.8 Å². The zero-order valence-electron chi connectivity index (χ0n) is 54.0. The standard InChI is InChI=1S/C69H89N13O8S/c1-45-36-55(76-77-60(45)75-65-72-50-23-16-17-25-53(50)91-65)80(54-29-27-47(59(73-54)64(88)89)49-37-71-81(46(49)2)44-68-39-66(3)38-67(4,40-68)42-69(41-66,43-68)90-35-34-78(5)6)33-20-19-32-79(7)57(84)26-15-13-11-9-8-10-12-14-18-31-70-51-24-21-22-48-58(51)63(87)82(62(48)86)52-28-30-56(83)74-61(52)85/h16-17,21-25,27,29,36-37,52,70H,8-15,18-20,26,28,30-35,38-44H2,1-7H3,(H,88,89)(H,72,75,77)(H,74,83,85). The van der Waals surface area contributed by atoms with E-state index in [1.807, 2.05) is 73.2 Å². The maximum Gasteiger partial charge on any atom is 0.355 e. The smallest absolute Gasteiger partial charge is 0.355 e. The van der Waals surface area contributed by atoms with Gasteiger partial charge in [0.05, 0.1) is 39.7 Å². The summed E-state index contributed by atoms with van der Waals surface area (Å²) in [7, 11) is 6.04. The van der Waals surface area contributed by atoms with Crippen molar-refractivity contribution in [2.75, 3.05) is 69.5 Å². The number of aromatic carboxylic acids is 1. The molecule has 6 aliphatic rings. The fraction of sp³-hybridized carbons (Fsp3) is 0.551. The number of carbonyl (C=O) groups is 6. The number of nitrogens with one attached hydrogen (secondary N) is 3. The van der Waals surface area contributed by atoms with Crippen LogP contribution < -0.4 is 20.9 Å². The minimum Gasteiger partial charge on any atom is -0.476 e. The number of anilines is 5. The number of nitrogens with zero attached hydrogens (tertiary/aromatic N) is 10. The van der Waals surface area contributed by atoms with E-state index in [0.717, 1.165) is 135 Å². The first-order chi connectivity index (χ1) is 43.6. The van der Waals surface area contributed by atoms with Crippen molar-refractivity contribution >= 4 is 85.3 Å². The highest BCUT2D eigenvalue weighted by Gasteiger charge is 2.66. The van der Waals surface area contributed by atoms with Crippen LogP contribution in [0, 0.1) is 30.1 Å². The number of likely N-dealkylation sites (N-methyl/N-ethyl adjacent to an activating group) is 1. The molecule has 3 atom stereocenters. The van der Waals surface area contributed by atoms with Gasteiger partial charge in [-0.1, -0.05) is 88.3 Å². The van der Waals surface area contributed by atoms with E-state index in [2.05, 4.69) is 58.6 Å². The monoisotopic (exact) mass is 1260 g/mol. The molecule has 0 radical (unpaired) electrons. The van der Waals surface area contributed by atoms with E-state index < -0.39 is 35.6 Å². The van der Waals surface area contributed by atoms with Gasteiger partial charge in [0, 0.05) is 75.1 Å². The molecule has 21 nitrogen and oxygen atoms in total. The number of rotatable bonds is 31. The summed E-state index contributed by atoms with van der Waals surface area (Å²) in [5, 5.41) is 34.9. The second-order valence-corrected chi connectivity index (χ2v) is 28.8. The Kier molecular flexibility index (Phi) is 19.4. The molecule has 91 heavy (non-hydrogen) atoms. The molecule has 1 saturated heterocycles. The maximum atomic E-state index is 13.4. The lowest BCUT2D eigenvalue weighted by Crippen LogP contribution is -2.64. The van der Waals surface area contributed by atoms with E-state index in [1.165, 1.54) is 17.8 Å².